The molecule has 0 saturated carbocycles. The number of carbonyl (C=O) groups excluding carboxylic acids is 3. The van der Waals surface area contributed by atoms with Crippen LogP contribution in [0.3, 0.4) is 0 Å². The van der Waals surface area contributed by atoms with Crippen molar-refractivity contribution in [1.82, 2.24) is 5.32 Å². The van der Waals surface area contributed by atoms with Gasteiger partial charge in [0.2, 0.25) is 11.8 Å². The van der Waals surface area contributed by atoms with Crippen LogP contribution in [0, 0.1) is 0 Å². The molecule has 0 aliphatic carbocycles. The second-order valence-corrected chi connectivity index (χ2v) is 8.09. The van der Waals surface area contributed by atoms with Gasteiger partial charge in [-0.2, -0.15) is 0 Å². The highest BCUT2D eigenvalue weighted by Gasteiger charge is 2.16. The minimum absolute atomic E-state index is 0.0518. The van der Waals surface area contributed by atoms with Crippen molar-refractivity contribution >= 4 is 47.0 Å². The SMILES string of the molecule is CC(C)(C)OC(=O)NCCC(=O)Nc1ccccc1NC(=O)/C=C/c1cccc(Cl)c1. The fourth-order valence-corrected chi connectivity index (χ4v) is 2.66. The molecule has 31 heavy (non-hydrogen) atoms. The van der Waals surface area contributed by atoms with Gasteiger partial charge in [-0.25, -0.2) is 4.79 Å². The summed E-state index contributed by atoms with van der Waals surface area (Å²) in [6, 6.07) is 14.0. The Labute approximate surface area is 186 Å². The summed E-state index contributed by atoms with van der Waals surface area (Å²) >= 11 is 5.94. The predicted octanol–water partition coefficient (Wildman–Crippen LogP) is 4.85. The van der Waals surface area contributed by atoms with Gasteiger partial charge in [0.15, 0.2) is 0 Å². The highest BCUT2D eigenvalue weighted by molar-refractivity contribution is 6.30. The molecule has 3 N–H and O–H groups in total. The summed E-state index contributed by atoms with van der Waals surface area (Å²) < 4.78 is 5.12. The first kappa shape index (κ1) is 24.0. The Kier molecular flexibility index (Phi) is 8.63. The zero-order valence-electron chi connectivity index (χ0n) is 17.7. The predicted molar refractivity (Wildman–Crippen MR) is 123 cm³/mol. The summed E-state index contributed by atoms with van der Waals surface area (Å²) in [5.74, 6) is -0.666. The zero-order chi connectivity index (χ0) is 22.9. The van der Waals surface area contributed by atoms with Crippen LogP contribution in [0.1, 0.15) is 32.8 Å². The number of nitrogens with one attached hydrogen (secondary N) is 3. The number of carbonyl (C=O) groups is 3. The average molecular weight is 444 g/mol. The Morgan fingerprint density at radius 3 is 2.32 bits per heavy atom. The van der Waals surface area contributed by atoms with Gasteiger partial charge in [0.25, 0.3) is 0 Å². The molecule has 0 fully saturated rings. The minimum Gasteiger partial charge on any atom is -0.444 e. The van der Waals surface area contributed by atoms with Crippen molar-refractivity contribution in [2.45, 2.75) is 32.8 Å². The van der Waals surface area contributed by atoms with Crippen LogP contribution in [0.15, 0.2) is 54.6 Å². The van der Waals surface area contributed by atoms with Gasteiger partial charge in [0.1, 0.15) is 5.60 Å². The topological polar surface area (TPSA) is 96.5 Å². The molecule has 0 bridgehead atoms. The van der Waals surface area contributed by atoms with Gasteiger partial charge in [0, 0.05) is 24.1 Å². The number of anilines is 2. The van der Waals surface area contributed by atoms with Crippen molar-refractivity contribution in [3.63, 3.8) is 0 Å². The summed E-state index contributed by atoms with van der Waals surface area (Å²) in [4.78, 5) is 36.1. The molecule has 8 heteroatoms. The molecule has 2 aromatic rings. The van der Waals surface area contributed by atoms with Gasteiger partial charge in [0.05, 0.1) is 11.4 Å². The Bertz CT molecular complexity index is 967. The number of rotatable bonds is 7. The molecule has 164 valence electrons. The van der Waals surface area contributed by atoms with Crippen molar-refractivity contribution in [2.75, 3.05) is 17.2 Å². The number of ether oxygens (including phenoxy) is 1. The second kappa shape index (κ2) is 11.2. The molecule has 3 amide bonds. The third-order valence-corrected chi connectivity index (χ3v) is 3.99. The van der Waals surface area contributed by atoms with Crippen molar-refractivity contribution in [3.8, 4) is 0 Å². The summed E-state index contributed by atoms with van der Waals surface area (Å²) in [7, 11) is 0. The third kappa shape index (κ3) is 9.35. The molecule has 2 aromatic carbocycles. The van der Waals surface area contributed by atoms with E-state index in [-0.39, 0.29) is 24.8 Å². The average Bonchev–Trinajstić information content (AvgIpc) is 2.66. The number of para-hydroxylation sites is 2. The van der Waals surface area contributed by atoms with Gasteiger partial charge in [-0.05, 0) is 56.7 Å². The highest BCUT2D eigenvalue weighted by atomic mass is 35.5. The first-order valence-electron chi connectivity index (χ1n) is 9.73. The lowest BCUT2D eigenvalue weighted by Crippen LogP contribution is -2.34. The van der Waals surface area contributed by atoms with E-state index in [1.165, 1.54) is 6.08 Å². The Morgan fingerprint density at radius 2 is 1.68 bits per heavy atom. The number of benzene rings is 2. The number of hydrogen-bond donors (Lipinski definition) is 3. The van der Waals surface area contributed by atoms with Gasteiger partial charge < -0.3 is 20.7 Å². The van der Waals surface area contributed by atoms with Crippen LogP contribution in [-0.2, 0) is 14.3 Å². The maximum Gasteiger partial charge on any atom is 0.407 e. The molecule has 0 heterocycles. The number of amides is 3. The fraction of sp³-hybridized carbons (Fsp3) is 0.261. The minimum atomic E-state index is -0.606. The van der Waals surface area contributed by atoms with E-state index in [2.05, 4.69) is 16.0 Å². The van der Waals surface area contributed by atoms with Crippen LogP contribution in [0.4, 0.5) is 16.2 Å². The fourth-order valence-electron chi connectivity index (χ4n) is 2.46. The first-order valence-corrected chi connectivity index (χ1v) is 10.1. The molecule has 0 atom stereocenters. The van der Waals surface area contributed by atoms with Crippen LogP contribution >= 0.6 is 11.6 Å². The molecular weight excluding hydrogens is 418 g/mol. The van der Waals surface area contributed by atoms with E-state index < -0.39 is 11.7 Å². The summed E-state index contributed by atoms with van der Waals surface area (Å²) in [5, 5.41) is 8.58. The maximum atomic E-state index is 12.3. The van der Waals surface area contributed by atoms with Gasteiger partial charge in [-0.3, -0.25) is 9.59 Å². The molecule has 0 radical (unpaired) electrons. The molecule has 0 spiro atoms. The molecule has 2 rings (SSSR count). The van der Waals surface area contributed by atoms with Crippen molar-refractivity contribution in [2.24, 2.45) is 0 Å². The first-order chi connectivity index (χ1) is 14.6. The zero-order valence-corrected chi connectivity index (χ0v) is 18.5. The van der Waals surface area contributed by atoms with E-state index in [0.29, 0.717) is 16.4 Å². The highest BCUT2D eigenvalue weighted by Crippen LogP contribution is 2.21. The van der Waals surface area contributed by atoms with E-state index >= 15 is 0 Å². The Balaban J connectivity index is 1.89. The number of alkyl carbamates (subject to hydrolysis) is 1. The number of halogens is 1. The maximum absolute atomic E-state index is 12.3. The summed E-state index contributed by atoms with van der Waals surface area (Å²) in [6.45, 7) is 5.40. The van der Waals surface area contributed by atoms with Crippen molar-refractivity contribution in [3.05, 3.63) is 65.2 Å². The molecule has 7 nitrogen and oxygen atoms in total. The van der Waals surface area contributed by atoms with Gasteiger partial charge >= 0.3 is 6.09 Å². The molecule has 0 unspecified atom stereocenters. The molecule has 0 aliphatic rings. The quantitative estimate of drug-likeness (QED) is 0.533. The van der Waals surface area contributed by atoms with Gasteiger partial charge in [-0.15, -0.1) is 0 Å². The molecule has 0 saturated heterocycles. The lowest BCUT2D eigenvalue weighted by atomic mass is 10.2. The monoisotopic (exact) mass is 443 g/mol. The lowest BCUT2D eigenvalue weighted by Gasteiger charge is -2.19. The van der Waals surface area contributed by atoms with Crippen LogP contribution in [0.5, 0.6) is 0 Å². The lowest BCUT2D eigenvalue weighted by molar-refractivity contribution is -0.116. The summed E-state index contributed by atoms with van der Waals surface area (Å²) in [5.41, 5.74) is 1.10. The second-order valence-electron chi connectivity index (χ2n) is 7.65. The summed E-state index contributed by atoms with van der Waals surface area (Å²) in [6.07, 6.45) is 2.50. The third-order valence-electron chi connectivity index (χ3n) is 3.76. The van der Waals surface area contributed by atoms with Crippen LogP contribution < -0.4 is 16.0 Å². The standard InChI is InChI=1S/C23H26ClN3O4/c1-23(2,3)31-22(30)25-14-13-21(29)27-19-10-5-4-9-18(19)26-20(28)12-11-16-7-6-8-17(24)15-16/h4-12,15H,13-14H2,1-3H3,(H,25,30)(H,26,28)(H,27,29)/b12-11+. The van der Waals surface area contributed by atoms with E-state index in [1.807, 2.05) is 6.07 Å². The Hall–Kier alpha value is -3.32. The number of hydrogen-bond acceptors (Lipinski definition) is 4. The van der Waals surface area contributed by atoms with Crippen LogP contribution in [0.2, 0.25) is 5.02 Å². The molecule has 0 aliphatic heterocycles. The molecular formula is C23H26ClN3O4. The smallest absolute Gasteiger partial charge is 0.407 e. The molecule has 0 aromatic heterocycles. The van der Waals surface area contributed by atoms with E-state index in [9.17, 15) is 14.4 Å². The van der Waals surface area contributed by atoms with Crippen molar-refractivity contribution in [1.29, 1.82) is 0 Å². The normalized spacial score (nSPS) is 11.1. The van der Waals surface area contributed by atoms with E-state index in [4.69, 9.17) is 16.3 Å². The Morgan fingerprint density at radius 1 is 1.00 bits per heavy atom. The van der Waals surface area contributed by atoms with E-state index in [0.717, 1.165) is 5.56 Å². The largest absolute Gasteiger partial charge is 0.444 e. The van der Waals surface area contributed by atoms with E-state index in [1.54, 1.807) is 69.3 Å². The van der Waals surface area contributed by atoms with Crippen LogP contribution in [0.25, 0.3) is 6.08 Å². The van der Waals surface area contributed by atoms with Crippen LogP contribution in [-0.4, -0.2) is 30.1 Å². The van der Waals surface area contributed by atoms with Crippen molar-refractivity contribution < 1.29 is 19.1 Å². The van der Waals surface area contributed by atoms with Gasteiger partial charge in [-0.1, -0.05) is 35.9 Å².